The average Bonchev–Trinajstić information content (AvgIpc) is 3.20. The minimum absolute atomic E-state index is 0. The van der Waals surface area contributed by atoms with Crippen molar-refractivity contribution in [2.24, 2.45) is 4.99 Å². The van der Waals surface area contributed by atoms with Gasteiger partial charge in [0.15, 0.2) is 5.96 Å². The molecule has 1 heterocycles. The zero-order valence-corrected chi connectivity index (χ0v) is 21.9. The minimum Gasteiger partial charge on any atom is -0.357 e. The molecule has 31 heavy (non-hydrogen) atoms. The Morgan fingerprint density at radius 2 is 2.06 bits per heavy atom. The fourth-order valence-electron chi connectivity index (χ4n) is 4.42. The highest BCUT2D eigenvalue weighted by atomic mass is 127. The van der Waals surface area contributed by atoms with Crippen molar-refractivity contribution in [3.63, 3.8) is 0 Å². The molecule has 3 atom stereocenters. The SMILES string of the molecule is CCNC(=NCCCC(=O)N1CCc2ccccc21)NC1CCCC(S(=O)CC)C1.I. The number of aliphatic imine (C=N–C) groups is 1. The van der Waals surface area contributed by atoms with Crippen molar-refractivity contribution >= 4 is 52.3 Å². The number of guanidine groups is 1. The first-order chi connectivity index (χ1) is 14.6. The maximum Gasteiger partial charge on any atom is 0.227 e. The summed E-state index contributed by atoms with van der Waals surface area (Å²) in [5, 5.41) is 7.14. The second-order valence-electron chi connectivity index (χ2n) is 8.09. The minimum atomic E-state index is -0.724. The molecule has 0 saturated heterocycles. The van der Waals surface area contributed by atoms with Crippen LogP contribution in [-0.4, -0.2) is 52.8 Å². The molecule has 1 aliphatic carbocycles. The van der Waals surface area contributed by atoms with Gasteiger partial charge in [-0.2, -0.15) is 0 Å². The second-order valence-corrected chi connectivity index (χ2v) is 10.1. The van der Waals surface area contributed by atoms with E-state index in [2.05, 4.69) is 28.6 Å². The lowest BCUT2D eigenvalue weighted by Crippen LogP contribution is -2.46. The highest BCUT2D eigenvalue weighted by molar-refractivity contribution is 14.0. The lowest BCUT2D eigenvalue weighted by Gasteiger charge is -2.30. The molecule has 174 valence electrons. The van der Waals surface area contributed by atoms with E-state index >= 15 is 0 Å². The first-order valence-electron chi connectivity index (χ1n) is 11.4. The van der Waals surface area contributed by atoms with Crippen LogP contribution in [0.3, 0.4) is 0 Å². The molecule has 2 N–H and O–H groups in total. The van der Waals surface area contributed by atoms with Crippen LogP contribution in [0.15, 0.2) is 29.3 Å². The monoisotopic (exact) mass is 560 g/mol. The van der Waals surface area contributed by atoms with Crippen molar-refractivity contribution in [3.05, 3.63) is 29.8 Å². The number of halogens is 1. The van der Waals surface area contributed by atoms with Gasteiger partial charge < -0.3 is 15.5 Å². The van der Waals surface area contributed by atoms with Crippen LogP contribution in [0.2, 0.25) is 0 Å². The molecule has 0 spiro atoms. The van der Waals surface area contributed by atoms with Gasteiger partial charge in [-0.25, -0.2) is 0 Å². The molecular weight excluding hydrogens is 523 g/mol. The largest absolute Gasteiger partial charge is 0.357 e. The number of para-hydroxylation sites is 1. The number of carbonyl (C=O) groups is 1. The van der Waals surface area contributed by atoms with Gasteiger partial charge in [0.25, 0.3) is 0 Å². The molecule has 0 bridgehead atoms. The smallest absolute Gasteiger partial charge is 0.227 e. The first kappa shape index (κ1) is 26.1. The molecule has 0 radical (unpaired) electrons. The van der Waals surface area contributed by atoms with E-state index in [1.165, 1.54) is 5.56 Å². The van der Waals surface area contributed by atoms with E-state index in [1.54, 1.807) is 0 Å². The summed E-state index contributed by atoms with van der Waals surface area (Å²) in [6, 6.07) is 8.49. The second kappa shape index (κ2) is 13.4. The Balaban J connectivity index is 0.00000341. The van der Waals surface area contributed by atoms with Crippen LogP contribution in [0.4, 0.5) is 5.69 Å². The summed E-state index contributed by atoms with van der Waals surface area (Å²) in [5.41, 5.74) is 2.33. The van der Waals surface area contributed by atoms with Crippen molar-refractivity contribution in [1.82, 2.24) is 10.6 Å². The summed E-state index contributed by atoms with van der Waals surface area (Å²) in [4.78, 5) is 19.2. The standard InChI is InChI=1S/C23H36N4O2S.HI/c1-3-24-23(26-19-10-7-11-20(17-19)30(29)4-2)25-15-8-13-22(28)27-16-14-18-9-5-6-12-21(18)27;/h5-6,9,12,19-20H,3-4,7-8,10-11,13-17H2,1-2H3,(H2,24,25,26);1H. The lowest BCUT2D eigenvalue weighted by atomic mass is 9.95. The van der Waals surface area contributed by atoms with Gasteiger partial charge in [-0.1, -0.05) is 31.5 Å². The van der Waals surface area contributed by atoms with Crippen LogP contribution in [0.5, 0.6) is 0 Å². The lowest BCUT2D eigenvalue weighted by molar-refractivity contribution is -0.118. The van der Waals surface area contributed by atoms with Gasteiger partial charge in [0.05, 0.1) is 0 Å². The summed E-state index contributed by atoms with van der Waals surface area (Å²) < 4.78 is 12.2. The van der Waals surface area contributed by atoms with Gasteiger partial charge in [-0.15, -0.1) is 24.0 Å². The van der Waals surface area contributed by atoms with Gasteiger partial charge >= 0.3 is 0 Å². The molecule has 3 unspecified atom stereocenters. The van der Waals surface area contributed by atoms with Gasteiger partial charge in [-0.05, 0) is 50.7 Å². The van der Waals surface area contributed by atoms with Crippen LogP contribution < -0.4 is 15.5 Å². The fourth-order valence-corrected chi connectivity index (χ4v) is 5.77. The third-order valence-electron chi connectivity index (χ3n) is 5.97. The number of anilines is 1. The fraction of sp³-hybridized carbons (Fsp3) is 0.652. The van der Waals surface area contributed by atoms with E-state index in [9.17, 15) is 9.00 Å². The molecule has 1 aromatic carbocycles. The maximum absolute atomic E-state index is 12.6. The predicted molar refractivity (Wildman–Crippen MR) is 141 cm³/mol. The number of hydrogen-bond donors (Lipinski definition) is 2. The van der Waals surface area contributed by atoms with Crippen molar-refractivity contribution < 1.29 is 9.00 Å². The molecule has 1 amide bonds. The van der Waals surface area contributed by atoms with Crippen LogP contribution in [0.1, 0.15) is 57.9 Å². The molecule has 6 nitrogen and oxygen atoms in total. The zero-order valence-electron chi connectivity index (χ0n) is 18.8. The van der Waals surface area contributed by atoms with Gasteiger partial charge in [0, 0.05) is 59.6 Å². The Labute approximate surface area is 206 Å². The normalized spacial score (nSPS) is 21.7. The molecule has 1 saturated carbocycles. The Bertz CT molecular complexity index is 774. The summed E-state index contributed by atoms with van der Waals surface area (Å²) in [6.07, 6.45) is 6.40. The quantitative estimate of drug-likeness (QED) is 0.221. The summed E-state index contributed by atoms with van der Waals surface area (Å²) in [5.74, 6) is 1.73. The van der Waals surface area contributed by atoms with Gasteiger partial charge in [-0.3, -0.25) is 14.0 Å². The third-order valence-corrected chi connectivity index (χ3v) is 7.72. The molecular formula is C23H37IN4O2S. The highest BCUT2D eigenvalue weighted by Gasteiger charge is 2.26. The molecule has 0 aromatic heterocycles. The van der Waals surface area contributed by atoms with Crippen molar-refractivity contribution in [2.45, 2.75) is 70.1 Å². The predicted octanol–water partition coefficient (Wildman–Crippen LogP) is 3.61. The van der Waals surface area contributed by atoms with Crippen LogP contribution in [0, 0.1) is 0 Å². The van der Waals surface area contributed by atoms with Crippen LogP contribution >= 0.6 is 24.0 Å². The zero-order chi connectivity index (χ0) is 21.3. The van der Waals surface area contributed by atoms with Crippen molar-refractivity contribution in [1.29, 1.82) is 0 Å². The topological polar surface area (TPSA) is 73.8 Å². The Morgan fingerprint density at radius 1 is 1.26 bits per heavy atom. The first-order valence-corrected chi connectivity index (χ1v) is 12.8. The summed E-state index contributed by atoms with van der Waals surface area (Å²) in [7, 11) is -0.724. The van der Waals surface area contributed by atoms with Crippen LogP contribution in [0.25, 0.3) is 0 Å². The molecule has 1 aliphatic heterocycles. The number of hydrogen-bond acceptors (Lipinski definition) is 3. The van der Waals surface area contributed by atoms with E-state index in [-0.39, 0.29) is 29.9 Å². The molecule has 2 aliphatic rings. The number of benzene rings is 1. The highest BCUT2D eigenvalue weighted by Crippen LogP contribution is 2.28. The van der Waals surface area contributed by atoms with E-state index in [4.69, 9.17) is 0 Å². The van der Waals surface area contributed by atoms with E-state index in [0.717, 1.165) is 69.0 Å². The van der Waals surface area contributed by atoms with Crippen molar-refractivity contribution in [2.75, 3.05) is 30.3 Å². The summed E-state index contributed by atoms with van der Waals surface area (Å²) in [6.45, 7) is 6.26. The average molecular weight is 561 g/mol. The maximum atomic E-state index is 12.6. The van der Waals surface area contributed by atoms with Gasteiger partial charge in [0.2, 0.25) is 5.91 Å². The van der Waals surface area contributed by atoms with Crippen LogP contribution in [-0.2, 0) is 22.0 Å². The Kier molecular flexibility index (Phi) is 11.3. The summed E-state index contributed by atoms with van der Waals surface area (Å²) >= 11 is 0. The number of rotatable bonds is 8. The van der Waals surface area contributed by atoms with E-state index in [1.807, 2.05) is 30.0 Å². The number of fused-ring (bicyclic) bond motifs is 1. The van der Waals surface area contributed by atoms with E-state index < -0.39 is 10.8 Å². The number of amides is 1. The Hall–Kier alpha value is -1.16. The van der Waals surface area contributed by atoms with E-state index in [0.29, 0.717) is 24.3 Å². The number of nitrogens with zero attached hydrogens (tertiary/aromatic N) is 2. The van der Waals surface area contributed by atoms with Crippen molar-refractivity contribution in [3.8, 4) is 0 Å². The van der Waals surface area contributed by atoms with Gasteiger partial charge in [0.1, 0.15) is 0 Å². The Morgan fingerprint density at radius 3 is 2.84 bits per heavy atom. The molecule has 8 heteroatoms. The molecule has 1 aromatic rings. The molecule has 1 fully saturated rings. The number of carbonyl (C=O) groups excluding carboxylic acids is 1. The third kappa shape index (κ3) is 7.44. The number of nitrogens with one attached hydrogen (secondary N) is 2. The molecule has 3 rings (SSSR count).